The molecule has 0 bridgehead atoms. The third-order valence-electron chi connectivity index (χ3n) is 4.25. The monoisotopic (exact) mass is 318 g/mol. The summed E-state index contributed by atoms with van der Waals surface area (Å²) in [7, 11) is 1.62. The molecule has 0 radical (unpaired) electrons. The first-order chi connectivity index (χ1) is 11.0. The molecule has 2 rings (SSSR count). The molecule has 0 saturated carbocycles. The number of benzene rings is 1. The van der Waals surface area contributed by atoms with E-state index in [-0.39, 0.29) is 23.8 Å². The first-order valence-corrected chi connectivity index (χ1v) is 8.21. The van der Waals surface area contributed by atoms with Crippen LogP contribution < -0.4 is 10.1 Å². The van der Waals surface area contributed by atoms with Gasteiger partial charge in [-0.2, -0.15) is 0 Å². The lowest BCUT2D eigenvalue weighted by atomic mass is 10.0. The van der Waals surface area contributed by atoms with Crippen LogP contribution in [0.3, 0.4) is 0 Å². The number of para-hydroxylation sites is 1. The van der Waals surface area contributed by atoms with Crippen LogP contribution in [0, 0.1) is 5.92 Å². The van der Waals surface area contributed by atoms with E-state index in [1.807, 2.05) is 43.0 Å². The zero-order valence-corrected chi connectivity index (χ0v) is 14.2. The van der Waals surface area contributed by atoms with Crippen molar-refractivity contribution >= 4 is 11.8 Å². The number of methoxy groups -OCH3 is 1. The molecule has 1 N–H and O–H groups in total. The van der Waals surface area contributed by atoms with Crippen LogP contribution >= 0.6 is 0 Å². The van der Waals surface area contributed by atoms with Gasteiger partial charge in [0.05, 0.1) is 13.5 Å². The zero-order chi connectivity index (χ0) is 16.8. The van der Waals surface area contributed by atoms with E-state index < -0.39 is 0 Å². The Labute approximate surface area is 138 Å². The molecule has 2 amide bonds. The van der Waals surface area contributed by atoms with E-state index in [2.05, 4.69) is 5.32 Å². The summed E-state index contributed by atoms with van der Waals surface area (Å²) in [5.41, 5.74) is 0.912. The maximum atomic E-state index is 12.5. The van der Waals surface area contributed by atoms with Crippen LogP contribution in [0.25, 0.3) is 0 Å². The maximum Gasteiger partial charge on any atom is 0.227 e. The fourth-order valence-corrected chi connectivity index (χ4v) is 2.76. The second-order valence-corrected chi connectivity index (χ2v) is 6.31. The molecule has 1 aliphatic heterocycles. The second-order valence-electron chi connectivity index (χ2n) is 6.31. The molecule has 0 aliphatic carbocycles. The van der Waals surface area contributed by atoms with Crippen molar-refractivity contribution in [2.75, 3.05) is 20.2 Å². The van der Waals surface area contributed by atoms with Gasteiger partial charge in [-0.1, -0.05) is 32.0 Å². The van der Waals surface area contributed by atoms with Crippen LogP contribution in [0.5, 0.6) is 5.75 Å². The van der Waals surface area contributed by atoms with Crippen LogP contribution in [0.15, 0.2) is 24.3 Å². The zero-order valence-electron chi connectivity index (χ0n) is 14.2. The first kappa shape index (κ1) is 17.3. The normalized spacial score (nSPS) is 15.6. The van der Waals surface area contributed by atoms with Gasteiger partial charge in [0.25, 0.3) is 0 Å². The number of nitrogens with one attached hydrogen (secondary N) is 1. The fraction of sp³-hybridized carbons (Fsp3) is 0.556. The molecule has 23 heavy (non-hydrogen) atoms. The largest absolute Gasteiger partial charge is 0.496 e. The molecular formula is C18H26N2O3. The third kappa shape index (κ3) is 4.71. The predicted molar refractivity (Wildman–Crippen MR) is 89.3 cm³/mol. The van der Waals surface area contributed by atoms with E-state index in [1.165, 1.54) is 0 Å². The van der Waals surface area contributed by atoms with Gasteiger partial charge in [-0.3, -0.25) is 9.59 Å². The van der Waals surface area contributed by atoms with E-state index in [9.17, 15) is 9.59 Å². The van der Waals surface area contributed by atoms with Crippen molar-refractivity contribution in [3.8, 4) is 5.75 Å². The molecule has 0 unspecified atom stereocenters. The van der Waals surface area contributed by atoms with Crippen LogP contribution in [0.1, 0.15) is 32.3 Å². The van der Waals surface area contributed by atoms with Crippen molar-refractivity contribution in [1.29, 1.82) is 0 Å². The topological polar surface area (TPSA) is 58.6 Å². The van der Waals surface area contributed by atoms with Crippen molar-refractivity contribution in [2.24, 2.45) is 5.92 Å². The van der Waals surface area contributed by atoms with E-state index in [0.29, 0.717) is 19.5 Å². The van der Waals surface area contributed by atoms with Crippen molar-refractivity contribution < 1.29 is 14.3 Å². The molecule has 126 valence electrons. The summed E-state index contributed by atoms with van der Waals surface area (Å²) in [6, 6.07) is 7.79. The van der Waals surface area contributed by atoms with Gasteiger partial charge in [0, 0.05) is 30.6 Å². The Balaban J connectivity index is 1.85. The number of carbonyl (C=O) groups excluding carboxylic acids is 2. The number of likely N-dealkylation sites (tertiary alicyclic amines) is 1. The Bertz CT molecular complexity index is 549. The minimum absolute atomic E-state index is 0.000192. The number of hydrogen-bond donors (Lipinski definition) is 1. The van der Waals surface area contributed by atoms with Crippen molar-refractivity contribution in [3.05, 3.63) is 29.8 Å². The van der Waals surface area contributed by atoms with Gasteiger partial charge in [-0.05, 0) is 18.9 Å². The SMILES string of the molecule is COc1ccccc1CC(=O)N1CCC(NC(=O)C(C)C)CC1. The van der Waals surface area contributed by atoms with Crippen LogP contribution in [-0.2, 0) is 16.0 Å². The van der Waals surface area contributed by atoms with Gasteiger partial charge >= 0.3 is 0 Å². The smallest absolute Gasteiger partial charge is 0.227 e. The van der Waals surface area contributed by atoms with E-state index in [0.717, 1.165) is 24.2 Å². The summed E-state index contributed by atoms with van der Waals surface area (Å²) in [5.74, 6) is 0.951. The molecule has 1 aliphatic rings. The molecule has 1 heterocycles. The van der Waals surface area contributed by atoms with Gasteiger partial charge in [-0.15, -0.1) is 0 Å². The van der Waals surface area contributed by atoms with Gasteiger partial charge in [0.2, 0.25) is 11.8 Å². The predicted octanol–water partition coefficient (Wildman–Crippen LogP) is 2.00. The Morgan fingerprint density at radius 3 is 2.52 bits per heavy atom. The van der Waals surface area contributed by atoms with Crippen molar-refractivity contribution in [2.45, 2.75) is 39.2 Å². The highest BCUT2D eigenvalue weighted by Gasteiger charge is 2.24. The quantitative estimate of drug-likeness (QED) is 0.903. The Hall–Kier alpha value is -2.04. The summed E-state index contributed by atoms with van der Waals surface area (Å²) in [6.07, 6.45) is 1.99. The number of rotatable bonds is 5. The molecule has 0 spiro atoms. The average Bonchev–Trinajstić information content (AvgIpc) is 2.55. The van der Waals surface area contributed by atoms with Crippen molar-refractivity contribution in [1.82, 2.24) is 10.2 Å². The van der Waals surface area contributed by atoms with Crippen molar-refractivity contribution in [3.63, 3.8) is 0 Å². The lowest BCUT2D eigenvalue weighted by Crippen LogP contribution is -2.47. The molecule has 1 fully saturated rings. The number of carbonyl (C=O) groups is 2. The molecule has 0 aromatic heterocycles. The molecule has 1 aromatic carbocycles. The van der Waals surface area contributed by atoms with Gasteiger partial charge in [0.1, 0.15) is 5.75 Å². The molecule has 1 aromatic rings. The average molecular weight is 318 g/mol. The summed E-state index contributed by atoms with van der Waals surface area (Å²) in [5, 5.41) is 3.05. The standard InChI is InChI=1S/C18H26N2O3/c1-13(2)18(22)19-15-8-10-20(11-9-15)17(21)12-14-6-4-5-7-16(14)23-3/h4-7,13,15H,8-12H2,1-3H3,(H,19,22). The van der Waals surface area contributed by atoms with Gasteiger partial charge in [0.15, 0.2) is 0 Å². The number of amides is 2. The van der Waals surface area contributed by atoms with Crippen LogP contribution in [0.4, 0.5) is 0 Å². The highest BCUT2D eigenvalue weighted by Crippen LogP contribution is 2.20. The summed E-state index contributed by atoms with van der Waals surface area (Å²) in [6.45, 7) is 5.16. The molecule has 0 atom stereocenters. The van der Waals surface area contributed by atoms with E-state index in [4.69, 9.17) is 4.74 Å². The number of hydrogen-bond acceptors (Lipinski definition) is 3. The van der Waals surface area contributed by atoms with Gasteiger partial charge < -0.3 is 15.0 Å². The lowest BCUT2D eigenvalue weighted by molar-refractivity contribution is -0.131. The van der Waals surface area contributed by atoms with Crippen LogP contribution in [-0.4, -0.2) is 43.0 Å². The highest BCUT2D eigenvalue weighted by atomic mass is 16.5. The highest BCUT2D eigenvalue weighted by molar-refractivity contribution is 5.80. The molecule has 5 nitrogen and oxygen atoms in total. The Morgan fingerprint density at radius 1 is 1.26 bits per heavy atom. The minimum Gasteiger partial charge on any atom is -0.496 e. The Kier molecular flexibility index (Phi) is 6.02. The summed E-state index contributed by atoms with van der Waals surface area (Å²) >= 11 is 0. The summed E-state index contributed by atoms with van der Waals surface area (Å²) < 4.78 is 5.30. The second kappa shape index (κ2) is 7.99. The first-order valence-electron chi connectivity index (χ1n) is 8.21. The third-order valence-corrected chi connectivity index (χ3v) is 4.25. The molecule has 5 heteroatoms. The number of ether oxygens (including phenoxy) is 1. The Morgan fingerprint density at radius 2 is 1.91 bits per heavy atom. The van der Waals surface area contributed by atoms with Gasteiger partial charge in [-0.25, -0.2) is 0 Å². The van der Waals surface area contributed by atoms with E-state index in [1.54, 1.807) is 7.11 Å². The number of piperidine rings is 1. The maximum absolute atomic E-state index is 12.5. The fourth-order valence-electron chi connectivity index (χ4n) is 2.76. The lowest BCUT2D eigenvalue weighted by Gasteiger charge is -2.33. The summed E-state index contributed by atoms with van der Waals surface area (Å²) in [4.78, 5) is 26.1. The molecule has 1 saturated heterocycles. The number of nitrogens with zero attached hydrogens (tertiary/aromatic N) is 1. The molecular weight excluding hydrogens is 292 g/mol. The minimum atomic E-state index is 0.000192. The van der Waals surface area contributed by atoms with E-state index >= 15 is 0 Å². The van der Waals surface area contributed by atoms with Crippen LogP contribution in [0.2, 0.25) is 0 Å².